The van der Waals surface area contributed by atoms with Crippen LogP contribution in [0.1, 0.15) is 24.1 Å². The van der Waals surface area contributed by atoms with Crippen LogP contribution in [0, 0.1) is 5.92 Å². The molecule has 2 rings (SSSR count). The van der Waals surface area contributed by atoms with Crippen molar-refractivity contribution in [3.05, 3.63) is 17.5 Å². The fraction of sp³-hybridized carbons (Fsp3) is 0.600. The first-order chi connectivity index (χ1) is 6.68. The topological polar surface area (TPSA) is 43.8 Å². The number of aromatic nitrogens is 2. The van der Waals surface area contributed by atoms with E-state index in [-0.39, 0.29) is 0 Å². The minimum atomic E-state index is 0.363. The van der Waals surface area contributed by atoms with Crippen molar-refractivity contribution < 1.29 is 0 Å². The Kier molecular flexibility index (Phi) is 2.54. The number of aryl methyl sites for hydroxylation is 2. The van der Waals surface area contributed by atoms with Crippen molar-refractivity contribution in [2.45, 2.75) is 25.7 Å². The predicted octanol–water partition coefficient (Wildman–Crippen LogP) is 1.20. The Balaban J connectivity index is 2.29. The largest absolute Gasteiger partial charge is 0.393 e. The Hall–Kier alpha value is -0.900. The molecular weight excluding hydrogens is 194 g/mol. The molecule has 0 amide bonds. The predicted molar refractivity (Wildman–Crippen MR) is 60.1 cm³/mol. The lowest BCUT2D eigenvalue weighted by molar-refractivity contribution is 0.586. The van der Waals surface area contributed by atoms with Gasteiger partial charge in [0.1, 0.15) is 0 Å². The number of fused-ring (bicyclic) bond motifs is 1. The zero-order valence-electron chi connectivity index (χ0n) is 8.36. The van der Waals surface area contributed by atoms with Gasteiger partial charge in [0.15, 0.2) is 0 Å². The quantitative estimate of drug-likeness (QED) is 0.558. The molecule has 1 heterocycles. The van der Waals surface area contributed by atoms with Gasteiger partial charge in [0, 0.05) is 18.7 Å². The van der Waals surface area contributed by atoms with Gasteiger partial charge in [-0.1, -0.05) is 12.2 Å². The van der Waals surface area contributed by atoms with E-state index in [1.807, 2.05) is 17.9 Å². The minimum absolute atomic E-state index is 0.363. The van der Waals surface area contributed by atoms with Crippen LogP contribution in [0.15, 0.2) is 6.20 Å². The summed E-state index contributed by atoms with van der Waals surface area (Å²) in [6, 6.07) is 0. The van der Waals surface area contributed by atoms with Gasteiger partial charge in [-0.15, -0.1) is 0 Å². The van der Waals surface area contributed by atoms with Crippen LogP contribution in [0.2, 0.25) is 0 Å². The van der Waals surface area contributed by atoms with E-state index in [9.17, 15) is 0 Å². The average Bonchev–Trinajstić information content (AvgIpc) is 2.40. The summed E-state index contributed by atoms with van der Waals surface area (Å²) in [4.78, 5) is 0.652. The maximum absolute atomic E-state index is 5.71. The molecule has 76 valence electrons. The van der Waals surface area contributed by atoms with E-state index in [1.54, 1.807) is 0 Å². The molecule has 1 atom stereocenters. The second-order valence-electron chi connectivity index (χ2n) is 3.94. The molecule has 0 saturated carbocycles. The molecule has 4 heteroatoms. The second-order valence-corrected chi connectivity index (χ2v) is 4.41. The molecule has 3 nitrogen and oxygen atoms in total. The Morgan fingerprint density at radius 3 is 3.21 bits per heavy atom. The summed E-state index contributed by atoms with van der Waals surface area (Å²) in [5, 5.41) is 4.27. The lowest BCUT2D eigenvalue weighted by Gasteiger charge is -2.12. The Labute approximate surface area is 89.3 Å². The lowest BCUT2D eigenvalue weighted by Crippen LogP contribution is -2.23. The van der Waals surface area contributed by atoms with Crippen LogP contribution < -0.4 is 5.73 Å². The van der Waals surface area contributed by atoms with Crippen LogP contribution in [0.5, 0.6) is 0 Å². The van der Waals surface area contributed by atoms with Crippen LogP contribution >= 0.6 is 12.2 Å². The molecule has 1 aromatic rings. The van der Waals surface area contributed by atoms with Gasteiger partial charge in [-0.3, -0.25) is 4.68 Å². The molecule has 0 aliphatic heterocycles. The molecule has 0 spiro atoms. The first-order valence-electron chi connectivity index (χ1n) is 4.97. The van der Waals surface area contributed by atoms with Crippen LogP contribution in [-0.4, -0.2) is 14.8 Å². The molecule has 0 bridgehead atoms. The van der Waals surface area contributed by atoms with Gasteiger partial charge in [0.05, 0.1) is 11.2 Å². The minimum Gasteiger partial charge on any atom is -0.393 e. The standard InChI is InChI=1S/C10H15N3S/c1-13-9-5-7(10(11)14)3-2-4-8(9)6-12-13/h6-7H,2-5H2,1H3,(H2,11,14)/t7-/m0/s1. The molecule has 1 aliphatic rings. The van der Waals surface area contributed by atoms with Gasteiger partial charge < -0.3 is 5.73 Å². The summed E-state index contributed by atoms with van der Waals surface area (Å²) in [7, 11) is 1.99. The van der Waals surface area contributed by atoms with E-state index in [0.717, 1.165) is 19.3 Å². The van der Waals surface area contributed by atoms with Crippen molar-refractivity contribution in [3.8, 4) is 0 Å². The van der Waals surface area contributed by atoms with E-state index < -0.39 is 0 Å². The molecule has 0 fully saturated rings. The van der Waals surface area contributed by atoms with Gasteiger partial charge in [0.2, 0.25) is 0 Å². The zero-order chi connectivity index (χ0) is 10.1. The van der Waals surface area contributed by atoms with E-state index in [4.69, 9.17) is 18.0 Å². The van der Waals surface area contributed by atoms with Crippen molar-refractivity contribution in [2.75, 3.05) is 0 Å². The molecule has 0 saturated heterocycles. The van der Waals surface area contributed by atoms with Crippen LogP contribution in [-0.2, 0) is 19.9 Å². The normalized spacial score (nSPS) is 21.4. The third-order valence-electron chi connectivity index (χ3n) is 2.99. The van der Waals surface area contributed by atoms with E-state index in [2.05, 4.69) is 5.10 Å². The number of thiocarbonyl (C=S) groups is 1. The summed E-state index contributed by atoms with van der Waals surface area (Å²) < 4.78 is 1.95. The third-order valence-corrected chi connectivity index (χ3v) is 3.32. The van der Waals surface area contributed by atoms with E-state index in [1.165, 1.54) is 17.7 Å². The van der Waals surface area contributed by atoms with Crippen molar-refractivity contribution in [3.63, 3.8) is 0 Å². The maximum Gasteiger partial charge on any atom is 0.0762 e. The fourth-order valence-electron chi connectivity index (χ4n) is 2.10. The van der Waals surface area contributed by atoms with Crippen LogP contribution in [0.4, 0.5) is 0 Å². The monoisotopic (exact) mass is 209 g/mol. The molecule has 0 radical (unpaired) electrons. The molecule has 0 aromatic carbocycles. The highest BCUT2D eigenvalue weighted by atomic mass is 32.1. The number of nitrogens with two attached hydrogens (primary N) is 1. The number of hydrogen-bond donors (Lipinski definition) is 1. The molecule has 1 aromatic heterocycles. The smallest absolute Gasteiger partial charge is 0.0762 e. The van der Waals surface area contributed by atoms with Crippen LogP contribution in [0.3, 0.4) is 0 Å². The first kappa shape index (κ1) is 9.65. The summed E-state index contributed by atoms with van der Waals surface area (Å²) in [5.41, 5.74) is 8.39. The summed E-state index contributed by atoms with van der Waals surface area (Å²) in [6.45, 7) is 0. The van der Waals surface area contributed by atoms with Crippen molar-refractivity contribution in [1.82, 2.24) is 9.78 Å². The molecule has 14 heavy (non-hydrogen) atoms. The number of nitrogens with zero attached hydrogens (tertiary/aromatic N) is 2. The highest BCUT2D eigenvalue weighted by molar-refractivity contribution is 7.80. The van der Waals surface area contributed by atoms with Gasteiger partial charge in [-0.25, -0.2) is 0 Å². The lowest BCUT2D eigenvalue weighted by atomic mass is 10.0. The van der Waals surface area contributed by atoms with Crippen LogP contribution in [0.25, 0.3) is 0 Å². The molecular formula is C10H15N3S. The highest BCUT2D eigenvalue weighted by Crippen LogP contribution is 2.24. The van der Waals surface area contributed by atoms with E-state index in [0.29, 0.717) is 10.9 Å². The van der Waals surface area contributed by atoms with Gasteiger partial charge in [-0.05, 0) is 31.2 Å². The summed E-state index contributed by atoms with van der Waals surface area (Å²) in [5.74, 6) is 0.363. The third kappa shape index (κ3) is 1.66. The average molecular weight is 209 g/mol. The number of hydrogen-bond acceptors (Lipinski definition) is 2. The Morgan fingerprint density at radius 1 is 1.71 bits per heavy atom. The summed E-state index contributed by atoms with van der Waals surface area (Å²) >= 11 is 5.07. The van der Waals surface area contributed by atoms with Crippen molar-refractivity contribution >= 4 is 17.2 Å². The molecule has 1 aliphatic carbocycles. The van der Waals surface area contributed by atoms with Crippen molar-refractivity contribution in [2.24, 2.45) is 18.7 Å². The number of rotatable bonds is 1. The van der Waals surface area contributed by atoms with E-state index >= 15 is 0 Å². The zero-order valence-corrected chi connectivity index (χ0v) is 9.18. The van der Waals surface area contributed by atoms with Gasteiger partial charge in [0.25, 0.3) is 0 Å². The molecule has 2 N–H and O–H groups in total. The highest BCUT2D eigenvalue weighted by Gasteiger charge is 2.21. The summed E-state index contributed by atoms with van der Waals surface area (Å²) in [6.07, 6.45) is 6.32. The van der Waals surface area contributed by atoms with Crippen molar-refractivity contribution in [1.29, 1.82) is 0 Å². The fourth-order valence-corrected chi connectivity index (χ4v) is 2.30. The van der Waals surface area contributed by atoms with Gasteiger partial charge >= 0.3 is 0 Å². The Bertz CT molecular complexity index is 356. The second kappa shape index (κ2) is 3.69. The van der Waals surface area contributed by atoms with Gasteiger partial charge in [-0.2, -0.15) is 5.10 Å². The maximum atomic E-state index is 5.71. The Morgan fingerprint density at radius 2 is 2.50 bits per heavy atom. The first-order valence-corrected chi connectivity index (χ1v) is 5.38. The molecule has 0 unspecified atom stereocenters. The SMILES string of the molecule is Cn1ncc2c1C[C@@H](C(N)=S)CCC2.